The number of aromatic amines is 1. The second kappa shape index (κ2) is 14.9. The maximum atomic E-state index is 13.8. The van der Waals surface area contributed by atoms with Crippen LogP contribution < -0.4 is 20.7 Å². The van der Waals surface area contributed by atoms with Crippen molar-refractivity contribution >= 4 is 56.6 Å². The summed E-state index contributed by atoms with van der Waals surface area (Å²) in [7, 11) is 0. The van der Waals surface area contributed by atoms with Gasteiger partial charge in [0.05, 0.1) is 22.6 Å². The number of likely N-dealkylation sites (tertiary alicyclic amines) is 1. The van der Waals surface area contributed by atoms with Crippen LogP contribution in [0.3, 0.4) is 0 Å². The van der Waals surface area contributed by atoms with Crippen molar-refractivity contribution in [2.24, 2.45) is 0 Å². The summed E-state index contributed by atoms with van der Waals surface area (Å²) < 4.78 is 8.38. The highest BCUT2D eigenvalue weighted by Crippen LogP contribution is 2.38. The highest BCUT2D eigenvalue weighted by Gasteiger charge is 2.24. The maximum absolute atomic E-state index is 13.8. The number of amides is 3. The number of fused-ring (bicyclic) bond motifs is 2. The normalized spacial score (nSPS) is 13.1. The molecule has 7 aromatic rings. The lowest BCUT2D eigenvalue weighted by Crippen LogP contribution is -2.24. The van der Waals surface area contributed by atoms with Crippen molar-refractivity contribution in [2.75, 3.05) is 22.5 Å². The maximum Gasteiger partial charge on any atom is 0.324 e. The standard InChI is InChI=1S/C44H45N9O3/c1-6-32-37(18-19-45-42(32)47-30-21-27(2)41-29(23-30)25-46-50-41)56-36-17-16-35(33-13-7-8-14-34(33)36)48-43(55)49-39-24-38(44(3,4)5)51-53(39)31-12-9-11-28(22-31)26-52-20-10-15-40(52)54/h7-9,11-14,16-19,21-25H,6,10,15,20,26H2,1-5H3,(H,45,47)(H,46,50)(H2,48,49,55). The Labute approximate surface area is 325 Å². The number of carbonyl (C=O) groups excluding carboxylic acids is 2. The molecule has 12 heteroatoms. The molecule has 1 fully saturated rings. The molecular formula is C44H45N9O3. The Morgan fingerprint density at radius 3 is 2.57 bits per heavy atom. The molecule has 3 amide bonds. The predicted octanol–water partition coefficient (Wildman–Crippen LogP) is 9.77. The summed E-state index contributed by atoms with van der Waals surface area (Å²) in [6.07, 6.45) is 5.79. The molecule has 4 N–H and O–H groups in total. The molecule has 0 atom stereocenters. The van der Waals surface area contributed by atoms with Gasteiger partial charge < -0.3 is 20.3 Å². The number of aromatic nitrogens is 5. The molecule has 0 aliphatic carbocycles. The molecule has 0 bridgehead atoms. The number of urea groups is 1. The third-order valence-corrected chi connectivity index (χ3v) is 10.1. The van der Waals surface area contributed by atoms with Gasteiger partial charge in [0.15, 0.2) is 0 Å². The van der Waals surface area contributed by atoms with Gasteiger partial charge in [-0.05, 0) is 73.4 Å². The zero-order valence-electron chi connectivity index (χ0n) is 32.2. The largest absolute Gasteiger partial charge is 0.456 e. The number of aryl methyl sites for hydroxylation is 1. The van der Waals surface area contributed by atoms with Gasteiger partial charge in [-0.3, -0.25) is 15.2 Å². The fourth-order valence-corrected chi connectivity index (χ4v) is 7.23. The van der Waals surface area contributed by atoms with E-state index in [0.717, 1.165) is 68.4 Å². The van der Waals surface area contributed by atoms with Crippen LogP contribution in [-0.2, 0) is 23.2 Å². The van der Waals surface area contributed by atoms with Crippen LogP contribution in [0.4, 0.5) is 27.8 Å². The Hall–Kier alpha value is -6.69. The van der Waals surface area contributed by atoms with Crippen molar-refractivity contribution in [3.63, 3.8) is 0 Å². The average Bonchev–Trinajstić information content (AvgIpc) is 3.93. The molecule has 4 heterocycles. The van der Waals surface area contributed by atoms with Crippen molar-refractivity contribution in [3.8, 4) is 17.2 Å². The number of pyridine rings is 1. The summed E-state index contributed by atoms with van der Waals surface area (Å²) in [5.74, 6) is 2.76. The molecule has 8 rings (SSSR count). The van der Waals surface area contributed by atoms with Gasteiger partial charge in [-0.15, -0.1) is 0 Å². The van der Waals surface area contributed by atoms with Crippen LogP contribution in [0.1, 0.15) is 62.9 Å². The molecule has 12 nitrogen and oxygen atoms in total. The summed E-state index contributed by atoms with van der Waals surface area (Å²) >= 11 is 0. The van der Waals surface area contributed by atoms with Crippen LogP contribution in [0.5, 0.6) is 11.5 Å². The molecule has 1 aliphatic heterocycles. The molecule has 0 saturated carbocycles. The van der Waals surface area contributed by atoms with Crippen molar-refractivity contribution in [3.05, 3.63) is 120 Å². The Kier molecular flexibility index (Phi) is 9.63. The monoisotopic (exact) mass is 747 g/mol. The molecule has 0 radical (unpaired) electrons. The average molecular weight is 748 g/mol. The van der Waals surface area contributed by atoms with E-state index in [1.807, 2.05) is 96.9 Å². The first kappa shape index (κ1) is 36.3. The van der Waals surface area contributed by atoms with Crippen LogP contribution >= 0.6 is 0 Å². The Morgan fingerprint density at radius 2 is 1.79 bits per heavy atom. The summed E-state index contributed by atoms with van der Waals surface area (Å²) in [6, 6.07) is 27.0. The highest BCUT2D eigenvalue weighted by atomic mass is 16.5. The lowest BCUT2D eigenvalue weighted by Gasteiger charge is -2.18. The lowest BCUT2D eigenvalue weighted by atomic mass is 9.92. The van der Waals surface area contributed by atoms with Crippen molar-refractivity contribution in [1.82, 2.24) is 29.9 Å². The number of benzene rings is 4. The summed E-state index contributed by atoms with van der Waals surface area (Å²) in [5.41, 5.74) is 6.83. The summed E-state index contributed by atoms with van der Waals surface area (Å²) in [4.78, 5) is 32.6. The molecular weight excluding hydrogens is 703 g/mol. The predicted molar refractivity (Wildman–Crippen MR) is 221 cm³/mol. The summed E-state index contributed by atoms with van der Waals surface area (Å²) in [5, 5.41) is 24.5. The Balaban J connectivity index is 1.04. The second-order valence-electron chi connectivity index (χ2n) is 15.2. The zero-order valence-corrected chi connectivity index (χ0v) is 32.2. The van der Waals surface area contributed by atoms with Gasteiger partial charge >= 0.3 is 6.03 Å². The van der Waals surface area contributed by atoms with Gasteiger partial charge in [0, 0.05) is 70.8 Å². The lowest BCUT2D eigenvalue weighted by molar-refractivity contribution is -0.128. The number of anilines is 4. The molecule has 1 saturated heterocycles. The van der Waals surface area contributed by atoms with Crippen LogP contribution in [0.25, 0.3) is 27.4 Å². The van der Waals surface area contributed by atoms with E-state index in [1.165, 1.54) is 0 Å². The van der Waals surface area contributed by atoms with E-state index in [2.05, 4.69) is 64.9 Å². The first-order valence-electron chi connectivity index (χ1n) is 19.0. The third kappa shape index (κ3) is 7.37. The fourth-order valence-electron chi connectivity index (χ4n) is 7.23. The number of rotatable bonds is 10. The van der Waals surface area contributed by atoms with E-state index in [-0.39, 0.29) is 11.3 Å². The van der Waals surface area contributed by atoms with E-state index in [1.54, 1.807) is 10.9 Å². The number of nitrogens with zero attached hydrogens (tertiary/aromatic N) is 5. The second-order valence-corrected chi connectivity index (χ2v) is 15.2. The molecule has 0 spiro atoms. The molecule has 284 valence electrons. The third-order valence-electron chi connectivity index (χ3n) is 10.1. The van der Waals surface area contributed by atoms with E-state index in [9.17, 15) is 9.59 Å². The highest BCUT2D eigenvalue weighted by molar-refractivity contribution is 6.07. The minimum absolute atomic E-state index is 0.177. The van der Waals surface area contributed by atoms with E-state index in [0.29, 0.717) is 48.2 Å². The van der Waals surface area contributed by atoms with Crippen LogP contribution in [-0.4, -0.2) is 48.3 Å². The SMILES string of the molecule is CCc1c(Oc2ccc(NC(=O)Nc3cc(C(C)(C)C)nn3-c3cccc(CN4CCCC4=O)c3)c3ccccc23)ccnc1Nc1cc(C)c2n[nH]cc2c1. The molecule has 0 unspecified atom stereocenters. The molecule has 56 heavy (non-hydrogen) atoms. The van der Waals surface area contributed by atoms with Gasteiger partial charge in [0.1, 0.15) is 23.1 Å². The first-order valence-corrected chi connectivity index (χ1v) is 19.0. The quantitative estimate of drug-likeness (QED) is 0.109. The number of H-pyrrole nitrogens is 1. The molecule has 4 aromatic carbocycles. The van der Waals surface area contributed by atoms with Gasteiger partial charge in [-0.1, -0.05) is 64.1 Å². The van der Waals surface area contributed by atoms with Gasteiger partial charge in [-0.2, -0.15) is 10.2 Å². The van der Waals surface area contributed by atoms with Gasteiger partial charge in [-0.25, -0.2) is 14.5 Å². The van der Waals surface area contributed by atoms with Crippen LogP contribution in [0.15, 0.2) is 97.3 Å². The summed E-state index contributed by atoms with van der Waals surface area (Å²) in [6.45, 7) is 11.7. The Morgan fingerprint density at radius 1 is 0.946 bits per heavy atom. The van der Waals surface area contributed by atoms with Crippen molar-refractivity contribution in [1.29, 1.82) is 0 Å². The van der Waals surface area contributed by atoms with Crippen molar-refractivity contribution in [2.45, 2.75) is 65.8 Å². The number of ether oxygens (including phenoxy) is 1. The van der Waals surface area contributed by atoms with Gasteiger partial charge in [0.25, 0.3) is 0 Å². The van der Waals surface area contributed by atoms with Gasteiger partial charge in [0.2, 0.25) is 5.91 Å². The van der Waals surface area contributed by atoms with E-state index in [4.69, 9.17) is 9.84 Å². The minimum atomic E-state index is -0.411. The molecule has 3 aromatic heterocycles. The Bertz CT molecular complexity index is 2600. The smallest absolute Gasteiger partial charge is 0.324 e. The topological polar surface area (TPSA) is 142 Å². The van der Waals surface area contributed by atoms with Crippen molar-refractivity contribution < 1.29 is 14.3 Å². The van der Waals surface area contributed by atoms with Crippen LogP contribution in [0, 0.1) is 6.92 Å². The molecule has 1 aliphatic rings. The fraction of sp³-hybridized carbons (Fsp3) is 0.250. The first-order chi connectivity index (χ1) is 27.0. The minimum Gasteiger partial charge on any atom is -0.456 e. The zero-order chi connectivity index (χ0) is 39.0. The van der Waals surface area contributed by atoms with E-state index < -0.39 is 6.03 Å². The van der Waals surface area contributed by atoms with Crippen LogP contribution in [0.2, 0.25) is 0 Å². The number of hydrogen-bond acceptors (Lipinski definition) is 7. The number of hydrogen-bond donors (Lipinski definition) is 4. The number of nitrogens with one attached hydrogen (secondary N) is 4. The van der Waals surface area contributed by atoms with E-state index >= 15 is 0 Å². The number of carbonyl (C=O) groups is 2.